The third-order valence-corrected chi connectivity index (χ3v) is 21.4. The Kier molecular flexibility index (Phi) is 36.9. The van der Waals surface area contributed by atoms with Crippen LogP contribution in [0.5, 0.6) is 5.75 Å². The van der Waals surface area contributed by atoms with Gasteiger partial charge < -0.3 is 101 Å². The summed E-state index contributed by atoms with van der Waals surface area (Å²) in [6.45, 7) is 0.106. The number of benzene rings is 4. The number of hydrogen-bond acceptors (Lipinski definition) is 25. The van der Waals surface area contributed by atoms with Crippen molar-refractivity contribution in [3.05, 3.63) is 124 Å². The number of carbonyl (C=O) groups is 16. The molecule has 0 radical (unpaired) electrons. The van der Waals surface area contributed by atoms with E-state index in [9.17, 15) is 83.1 Å². The minimum atomic E-state index is -1.88. The number of carboxylic acids is 3. The third kappa shape index (κ3) is 32.4. The van der Waals surface area contributed by atoms with E-state index < -0.39 is 206 Å². The zero-order valence-electron chi connectivity index (χ0n) is 63.8. The van der Waals surface area contributed by atoms with Gasteiger partial charge in [-0.1, -0.05) is 81.7 Å². The number of unbranched alkanes of at least 4 members (excludes halogenated alkanes) is 1. The van der Waals surface area contributed by atoms with Gasteiger partial charge >= 0.3 is 30.0 Å². The minimum absolute atomic E-state index is 0.0367. The number of primary amides is 2. The average molecular weight is 1690 g/mol. The van der Waals surface area contributed by atoms with Crippen molar-refractivity contribution in [3.8, 4) is 5.75 Å². The number of anilines is 2. The van der Waals surface area contributed by atoms with E-state index in [0.29, 0.717) is 23.1 Å². The van der Waals surface area contributed by atoms with E-state index >= 15 is 19.2 Å². The second-order valence-electron chi connectivity index (χ2n) is 28.0. The van der Waals surface area contributed by atoms with Crippen molar-refractivity contribution in [1.29, 1.82) is 0 Å². The Bertz CT molecular complexity index is 4130. The molecule has 0 aromatic heterocycles. The standard InChI is InChI=1S/C74H98ClN19O21S2/c1-41(95)64-72(113)87-57(71(112)84-52(65(77)106)30-44-9-19-49(96)20-10-44)40-117-116-39-56(82-58(97)33-51(45-11-13-46(75)14-12-45)81-60(99)35-91-22-24-92(36-61(100)101)26-28-94(38-63(104)105)29-27-93(25-23-91)37-62(102)103)70(111)86-54(32-42-5-15-47(16-6-42)79-67(108)55-34-59(98)89-74(115)88-55)69(110)85-53(31-43-7-17-48(18-8-43)80-73(78)114)68(109)83-50(66(107)90-64)4-2-3-21-76/h5-20,41,50-57,64,95-96H,2-4,21-40,76H2,1H3,(H2,77,106)(H,79,108)(H,81,99)(H,82,97)(H,83,109)(H,84,112)(H,85,110)(H,86,111)(H,87,113)(H,90,107)(H,100,101)(H,102,103)(H,104,105)(H3,78,80,114)(H2,88,89,98,115)/t41-,50+,51+,52-,53-,54+,55+,56-,57+,64+/m1/s1. The van der Waals surface area contributed by atoms with Crippen LogP contribution in [0, 0.1) is 0 Å². The molecule has 634 valence electrons. The van der Waals surface area contributed by atoms with Gasteiger partial charge in [-0.2, -0.15) is 0 Å². The highest BCUT2D eigenvalue weighted by molar-refractivity contribution is 8.76. The molecule has 10 atom stereocenters. The second-order valence-corrected chi connectivity index (χ2v) is 31.0. The molecule has 3 heterocycles. The molecule has 23 N–H and O–H groups in total. The number of carboxylic acid groups (broad SMARTS) is 3. The zero-order valence-corrected chi connectivity index (χ0v) is 66.1. The largest absolute Gasteiger partial charge is 0.508 e. The first-order chi connectivity index (χ1) is 55.6. The number of nitrogens with two attached hydrogens (primary N) is 3. The number of hydrogen-bond donors (Lipinski definition) is 20. The van der Waals surface area contributed by atoms with E-state index in [-0.39, 0.29) is 119 Å². The van der Waals surface area contributed by atoms with Crippen LogP contribution in [0.4, 0.5) is 21.0 Å². The van der Waals surface area contributed by atoms with Gasteiger partial charge in [-0.15, -0.1) is 0 Å². The lowest BCUT2D eigenvalue weighted by Gasteiger charge is -2.33. The molecule has 3 aliphatic rings. The van der Waals surface area contributed by atoms with Gasteiger partial charge in [-0.05, 0) is 104 Å². The molecule has 0 saturated carbocycles. The normalized spacial score (nSPS) is 21.2. The SMILES string of the molecule is C[C@@H](O)[C@@H]1NC(=O)[C@H](CCCCN)NC(=O)[C@@H](Cc2ccc(NC(N)=O)cc2)NC(=O)[C@H](Cc2ccc(NC(=O)[C@@H]3CC(=O)NC(=O)N3)cc2)NC(=O)[C@H](NC(=O)C[C@H](NC(=O)CN2CCN(CC(=O)O)CCN(CC(=O)O)CCN(CC(=O)O)CC2)c2ccc(Cl)cc2)CSSC[C@@H](C(=O)N[C@H](Cc2ccc(O)cc2)C(N)=O)NC1=O. The van der Waals surface area contributed by atoms with Crippen LogP contribution < -0.4 is 81.0 Å². The van der Waals surface area contributed by atoms with Crippen molar-refractivity contribution < 1.29 is 102 Å². The minimum Gasteiger partial charge on any atom is -0.508 e. The maximum absolute atomic E-state index is 15.5. The van der Waals surface area contributed by atoms with E-state index in [1.807, 2.05) is 5.32 Å². The molecule has 0 aliphatic carbocycles. The molecule has 3 fully saturated rings. The summed E-state index contributed by atoms with van der Waals surface area (Å²) in [7, 11) is 1.67. The summed E-state index contributed by atoms with van der Waals surface area (Å²) < 4.78 is 0. The summed E-state index contributed by atoms with van der Waals surface area (Å²) >= 11 is 6.36. The lowest BCUT2D eigenvalue weighted by Crippen LogP contribution is -2.62. The number of phenols is 1. The topological polar surface area (TPSA) is 610 Å². The van der Waals surface area contributed by atoms with Gasteiger partial charge in [0.1, 0.15) is 54.1 Å². The smallest absolute Gasteiger partial charge is 0.322 e. The molecule has 0 spiro atoms. The van der Waals surface area contributed by atoms with Gasteiger partial charge in [0.15, 0.2) is 0 Å². The first-order valence-electron chi connectivity index (χ1n) is 37.2. The molecule has 4 aromatic carbocycles. The Labute approximate surface area is 684 Å². The van der Waals surface area contributed by atoms with Gasteiger partial charge in [0.25, 0.3) is 0 Å². The van der Waals surface area contributed by atoms with Gasteiger partial charge in [0.05, 0.1) is 51.2 Å². The van der Waals surface area contributed by atoms with Crippen LogP contribution in [-0.2, 0) is 86.4 Å². The lowest BCUT2D eigenvalue weighted by molar-refractivity contribution is -0.140. The number of amides is 15. The maximum atomic E-state index is 15.5. The number of aliphatic carboxylic acids is 3. The second kappa shape index (κ2) is 46.5. The molecule has 3 saturated heterocycles. The number of aliphatic hydroxyl groups is 1. The van der Waals surface area contributed by atoms with E-state index in [1.165, 1.54) is 97.1 Å². The highest BCUT2D eigenvalue weighted by Crippen LogP contribution is 2.26. The number of aliphatic hydroxyl groups excluding tert-OH is 1. The average Bonchev–Trinajstić information content (AvgIpc) is 0.838. The van der Waals surface area contributed by atoms with Crippen LogP contribution in [0.25, 0.3) is 0 Å². The fraction of sp³-hybridized carbons (Fsp3) is 0.459. The van der Waals surface area contributed by atoms with Crippen LogP contribution in [0.1, 0.15) is 67.3 Å². The van der Waals surface area contributed by atoms with E-state index in [0.717, 1.165) is 28.5 Å². The molecule has 117 heavy (non-hydrogen) atoms. The highest BCUT2D eigenvalue weighted by atomic mass is 35.5. The lowest BCUT2D eigenvalue weighted by atomic mass is 10.0. The first-order valence-corrected chi connectivity index (χ1v) is 40.1. The van der Waals surface area contributed by atoms with E-state index in [2.05, 4.69) is 58.5 Å². The Morgan fingerprint density at radius 2 is 1.03 bits per heavy atom. The van der Waals surface area contributed by atoms with Crippen LogP contribution in [-0.4, -0.2) is 291 Å². The monoisotopic (exact) mass is 1690 g/mol. The number of halogens is 1. The number of rotatable bonds is 30. The number of nitrogens with one attached hydrogen (secondary N) is 12. The van der Waals surface area contributed by atoms with Gasteiger partial charge in [-0.25, -0.2) is 9.59 Å². The predicted octanol–water partition coefficient (Wildman–Crippen LogP) is -3.39. The molecule has 0 bridgehead atoms. The molecular weight excluding hydrogens is 1590 g/mol. The van der Waals surface area contributed by atoms with Crippen molar-refractivity contribution >= 4 is 140 Å². The summed E-state index contributed by atoms with van der Waals surface area (Å²) in [6, 6.07) is 7.14. The highest BCUT2D eigenvalue weighted by Gasteiger charge is 2.38. The number of nitrogens with zero attached hydrogens (tertiary/aromatic N) is 4. The fourth-order valence-corrected chi connectivity index (χ4v) is 15.0. The van der Waals surface area contributed by atoms with Crippen LogP contribution >= 0.6 is 33.2 Å². The van der Waals surface area contributed by atoms with Gasteiger partial charge in [-0.3, -0.25) is 92.0 Å². The molecule has 4 aromatic rings. The molecule has 0 unspecified atom stereocenters. The first kappa shape index (κ1) is 92.9. The molecule has 40 nitrogen and oxygen atoms in total. The van der Waals surface area contributed by atoms with Gasteiger partial charge in [0.2, 0.25) is 65.0 Å². The third-order valence-electron chi connectivity index (χ3n) is 18.7. The summed E-state index contributed by atoms with van der Waals surface area (Å²) in [5.41, 5.74) is 18.8. The zero-order chi connectivity index (χ0) is 85.4. The van der Waals surface area contributed by atoms with Crippen LogP contribution in [0.15, 0.2) is 97.1 Å². The van der Waals surface area contributed by atoms with Gasteiger partial charge in [0, 0.05) is 99.5 Å². The van der Waals surface area contributed by atoms with Crippen molar-refractivity contribution in [2.24, 2.45) is 17.2 Å². The summed E-state index contributed by atoms with van der Waals surface area (Å²) in [6.07, 6.45) is -3.44. The summed E-state index contributed by atoms with van der Waals surface area (Å²) in [5, 5.41) is 81.5. The van der Waals surface area contributed by atoms with Crippen LogP contribution in [0.3, 0.4) is 0 Å². The van der Waals surface area contributed by atoms with E-state index in [4.69, 9.17) is 28.8 Å². The molecule has 15 amide bonds. The molecular formula is C74H98ClN19O21S2. The van der Waals surface area contributed by atoms with Crippen molar-refractivity contribution in [2.45, 2.75) is 119 Å². The Hall–Kier alpha value is -11.3. The van der Waals surface area contributed by atoms with E-state index in [1.54, 1.807) is 19.6 Å². The fourth-order valence-electron chi connectivity index (χ4n) is 12.6. The Morgan fingerprint density at radius 3 is 1.52 bits per heavy atom. The molecule has 43 heteroatoms. The molecule has 3 aliphatic heterocycles. The van der Waals surface area contributed by atoms with Crippen molar-refractivity contribution in [1.82, 2.24) is 72.8 Å². The Balaban J connectivity index is 1.29. The predicted molar refractivity (Wildman–Crippen MR) is 427 cm³/mol. The summed E-state index contributed by atoms with van der Waals surface area (Å²) in [5.74, 6) is -15.0. The molecule has 7 rings (SSSR count). The van der Waals surface area contributed by atoms with Crippen molar-refractivity contribution in [2.75, 3.05) is 107 Å². The quantitative estimate of drug-likeness (QED) is 0.0179. The number of imide groups is 1. The number of phenolic OH excluding ortho intramolecular Hbond substituents is 1. The number of carbonyl (C=O) groups excluding carboxylic acids is 13. The van der Waals surface area contributed by atoms with Crippen molar-refractivity contribution in [3.63, 3.8) is 0 Å². The number of aromatic hydroxyl groups is 1. The van der Waals surface area contributed by atoms with Crippen LogP contribution in [0.2, 0.25) is 5.02 Å². The summed E-state index contributed by atoms with van der Waals surface area (Å²) in [4.78, 5) is 224. The maximum Gasteiger partial charge on any atom is 0.322 e. The number of urea groups is 2. The Morgan fingerprint density at radius 1 is 0.538 bits per heavy atom.